The number of hydrogen-bond acceptors (Lipinski definition) is 1. The molecule has 1 unspecified atom stereocenters. The minimum absolute atomic E-state index is 0.350. The number of allylic oxidation sites excluding steroid dienone is 3. The molecule has 0 aromatic heterocycles. The lowest BCUT2D eigenvalue weighted by atomic mass is 9.81. The molecule has 24 heavy (non-hydrogen) atoms. The van der Waals surface area contributed by atoms with Gasteiger partial charge < -0.3 is 5.11 Å². The Balaban J connectivity index is 0.000000647. The SMILES string of the molecule is C=CC.CCCc1cc(C2CC2)c(C2C=C(C)CCC2)c(O)c1Cl. The lowest BCUT2D eigenvalue weighted by molar-refractivity contribution is 0.459. The van der Waals surface area contributed by atoms with Crippen LogP contribution >= 0.6 is 11.6 Å². The van der Waals surface area contributed by atoms with E-state index in [1.54, 1.807) is 6.08 Å². The molecule has 132 valence electrons. The summed E-state index contributed by atoms with van der Waals surface area (Å²) in [5, 5.41) is 11.3. The second-order valence-corrected chi connectivity index (χ2v) is 7.52. The lowest BCUT2D eigenvalue weighted by Crippen LogP contribution is -2.07. The summed E-state index contributed by atoms with van der Waals surface area (Å²) in [4.78, 5) is 0. The second-order valence-electron chi connectivity index (χ2n) is 7.15. The van der Waals surface area contributed by atoms with Crippen LogP contribution in [0.15, 0.2) is 30.4 Å². The quantitative estimate of drug-likeness (QED) is 0.568. The highest BCUT2D eigenvalue weighted by atomic mass is 35.5. The van der Waals surface area contributed by atoms with Crippen LogP contribution in [0, 0.1) is 0 Å². The predicted molar refractivity (Wildman–Crippen MR) is 105 cm³/mol. The Morgan fingerprint density at radius 1 is 1.33 bits per heavy atom. The van der Waals surface area contributed by atoms with Crippen molar-refractivity contribution < 1.29 is 5.11 Å². The lowest BCUT2D eigenvalue weighted by Gasteiger charge is -2.25. The molecule has 2 aliphatic carbocycles. The number of phenols is 1. The third-order valence-electron chi connectivity index (χ3n) is 4.86. The van der Waals surface area contributed by atoms with Crippen LogP contribution in [0.2, 0.25) is 5.02 Å². The van der Waals surface area contributed by atoms with Gasteiger partial charge >= 0.3 is 0 Å². The van der Waals surface area contributed by atoms with Crippen LogP contribution in [0.1, 0.15) is 87.8 Å². The Morgan fingerprint density at radius 3 is 2.54 bits per heavy atom. The molecular weight excluding hydrogens is 316 g/mol. The van der Waals surface area contributed by atoms with E-state index in [2.05, 4.69) is 32.6 Å². The summed E-state index contributed by atoms with van der Waals surface area (Å²) in [6.45, 7) is 9.61. The standard InChI is InChI=1S/C19H25ClO.C3H6/c1-3-5-15-11-16(13-8-9-13)17(19(21)18(15)20)14-7-4-6-12(2)10-14;1-3-2/h10-11,13-14,21H,3-9H2,1-2H3;3H,1H2,2H3. The van der Waals surface area contributed by atoms with Crippen LogP contribution in [-0.4, -0.2) is 5.11 Å². The highest BCUT2D eigenvalue weighted by molar-refractivity contribution is 6.33. The summed E-state index contributed by atoms with van der Waals surface area (Å²) >= 11 is 6.46. The summed E-state index contributed by atoms with van der Waals surface area (Å²) in [7, 11) is 0. The predicted octanol–water partition coefficient (Wildman–Crippen LogP) is 7.28. The average molecular weight is 347 g/mol. The Kier molecular flexibility index (Phi) is 6.98. The highest BCUT2D eigenvalue weighted by Crippen LogP contribution is 2.50. The fourth-order valence-electron chi connectivity index (χ4n) is 3.65. The molecule has 1 aromatic carbocycles. The largest absolute Gasteiger partial charge is 0.506 e. The summed E-state index contributed by atoms with van der Waals surface area (Å²) in [5.41, 5.74) is 5.07. The van der Waals surface area contributed by atoms with Crippen LogP contribution in [0.25, 0.3) is 0 Å². The molecule has 3 rings (SSSR count). The first-order valence-electron chi connectivity index (χ1n) is 9.31. The average Bonchev–Trinajstić information content (AvgIpc) is 3.37. The van der Waals surface area contributed by atoms with E-state index in [0.29, 0.717) is 22.6 Å². The maximum Gasteiger partial charge on any atom is 0.138 e. The normalized spacial score (nSPS) is 20.0. The summed E-state index contributed by atoms with van der Waals surface area (Å²) in [6, 6.07) is 2.29. The number of aromatic hydroxyl groups is 1. The molecule has 1 saturated carbocycles. The van der Waals surface area contributed by atoms with Gasteiger partial charge in [-0.05, 0) is 69.4 Å². The Morgan fingerprint density at radius 2 is 2.00 bits per heavy atom. The molecule has 1 aromatic rings. The van der Waals surface area contributed by atoms with E-state index in [-0.39, 0.29) is 0 Å². The first kappa shape index (κ1) is 19.1. The Hall–Kier alpha value is -1.21. The van der Waals surface area contributed by atoms with Gasteiger partial charge in [0.05, 0.1) is 5.02 Å². The van der Waals surface area contributed by atoms with Gasteiger partial charge in [-0.25, -0.2) is 0 Å². The van der Waals surface area contributed by atoms with Crippen LogP contribution in [0.3, 0.4) is 0 Å². The topological polar surface area (TPSA) is 20.2 Å². The van der Waals surface area contributed by atoms with Gasteiger partial charge in [-0.15, -0.1) is 6.58 Å². The number of benzene rings is 1. The fourth-order valence-corrected chi connectivity index (χ4v) is 3.90. The third kappa shape index (κ3) is 4.45. The molecule has 1 fully saturated rings. The zero-order chi connectivity index (χ0) is 17.7. The minimum atomic E-state index is 0.350. The fraction of sp³-hybridized carbons (Fsp3) is 0.545. The van der Waals surface area contributed by atoms with Crippen molar-refractivity contribution in [3.63, 3.8) is 0 Å². The number of hydrogen-bond donors (Lipinski definition) is 1. The molecule has 1 nitrogen and oxygen atoms in total. The summed E-state index contributed by atoms with van der Waals surface area (Å²) in [5.74, 6) is 1.36. The molecule has 0 spiro atoms. The maximum absolute atomic E-state index is 10.7. The van der Waals surface area contributed by atoms with E-state index >= 15 is 0 Å². The van der Waals surface area contributed by atoms with Crippen molar-refractivity contribution >= 4 is 11.6 Å². The van der Waals surface area contributed by atoms with Gasteiger partial charge in [0.1, 0.15) is 5.75 Å². The van der Waals surface area contributed by atoms with E-state index < -0.39 is 0 Å². The van der Waals surface area contributed by atoms with Crippen molar-refractivity contribution in [1.29, 1.82) is 0 Å². The van der Waals surface area contributed by atoms with Crippen molar-refractivity contribution in [2.45, 2.75) is 77.6 Å². The first-order valence-corrected chi connectivity index (χ1v) is 9.69. The molecule has 0 bridgehead atoms. The van der Waals surface area contributed by atoms with E-state index in [4.69, 9.17) is 11.6 Å². The zero-order valence-electron chi connectivity index (χ0n) is 15.4. The van der Waals surface area contributed by atoms with Gasteiger partial charge in [-0.3, -0.25) is 0 Å². The monoisotopic (exact) mass is 346 g/mol. The smallest absolute Gasteiger partial charge is 0.138 e. The van der Waals surface area contributed by atoms with Gasteiger partial charge in [0.2, 0.25) is 0 Å². The van der Waals surface area contributed by atoms with Gasteiger partial charge in [0, 0.05) is 11.5 Å². The molecule has 0 heterocycles. The number of halogens is 1. The molecule has 2 heteroatoms. The minimum Gasteiger partial charge on any atom is -0.506 e. The molecule has 0 saturated heterocycles. The van der Waals surface area contributed by atoms with Crippen LogP contribution in [-0.2, 0) is 6.42 Å². The molecule has 2 aliphatic rings. The molecule has 0 amide bonds. The number of aryl methyl sites for hydroxylation is 1. The highest BCUT2D eigenvalue weighted by Gasteiger charge is 2.32. The Labute approximate surface area is 152 Å². The maximum atomic E-state index is 10.7. The van der Waals surface area contributed by atoms with E-state index in [1.165, 1.54) is 36.8 Å². The van der Waals surface area contributed by atoms with Crippen molar-refractivity contribution in [3.8, 4) is 5.75 Å². The van der Waals surface area contributed by atoms with E-state index in [9.17, 15) is 5.11 Å². The van der Waals surface area contributed by atoms with Gasteiger partial charge in [-0.2, -0.15) is 0 Å². The second kappa shape index (κ2) is 8.76. The first-order chi connectivity index (χ1) is 11.5. The van der Waals surface area contributed by atoms with Crippen molar-refractivity contribution in [1.82, 2.24) is 0 Å². The zero-order valence-corrected chi connectivity index (χ0v) is 16.1. The molecule has 0 aliphatic heterocycles. The van der Waals surface area contributed by atoms with Crippen molar-refractivity contribution in [3.05, 3.63) is 52.1 Å². The summed E-state index contributed by atoms with van der Waals surface area (Å²) < 4.78 is 0. The Bertz CT molecular complexity index is 611. The van der Waals surface area contributed by atoms with Gasteiger partial charge in [0.15, 0.2) is 0 Å². The molecule has 0 radical (unpaired) electrons. The number of rotatable bonds is 4. The summed E-state index contributed by atoms with van der Waals surface area (Å²) in [6.07, 6.45) is 12.2. The van der Waals surface area contributed by atoms with E-state index in [0.717, 1.165) is 30.4 Å². The van der Waals surface area contributed by atoms with Gasteiger partial charge in [0.25, 0.3) is 0 Å². The molecular formula is C22H31ClO. The van der Waals surface area contributed by atoms with Crippen LogP contribution < -0.4 is 0 Å². The van der Waals surface area contributed by atoms with E-state index in [1.807, 2.05) is 6.92 Å². The van der Waals surface area contributed by atoms with Gasteiger partial charge in [-0.1, -0.05) is 48.7 Å². The third-order valence-corrected chi connectivity index (χ3v) is 5.29. The molecule has 1 atom stereocenters. The number of phenolic OH excluding ortho intramolecular Hbond substituents is 1. The van der Waals surface area contributed by atoms with Crippen LogP contribution in [0.4, 0.5) is 0 Å². The van der Waals surface area contributed by atoms with Crippen molar-refractivity contribution in [2.75, 3.05) is 0 Å². The molecule has 1 N–H and O–H groups in total. The van der Waals surface area contributed by atoms with Crippen molar-refractivity contribution in [2.24, 2.45) is 0 Å². The van der Waals surface area contributed by atoms with Crippen LogP contribution in [0.5, 0.6) is 5.75 Å².